The van der Waals surface area contributed by atoms with Crippen molar-refractivity contribution in [1.82, 2.24) is 9.80 Å². The molecule has 2 saturated heterocycles. The smallest absolute Gasteiger partial charge is 0.173 e. The number of nitrogens with one attached hydrogen (secondary N) is 1. The molecule has 1 atom stereocenters. The van der Waals surface area contributed by atoms with Crippen molar-refractivity contribution >= 4 is 32.9 Å². The summed E-state index contributed by atoms with van der Waals surface area (Å²) in [6.45, 7) is 5.64. The van der Waals surface area contributed by atoms with Crippen LogP contribution in [0.25, 0.3) is 0 Å². The normalized spacial score (nSPS) is 23.1. The van der Waals surface area contributed by atoms with E-state index in [0.717, 1.165) is 49.8 Å². The summed E-state index contributed by atoms with van der Waals surface area (Å²) in [5.74, 6) is 0.659. The van der Waals surface area contributed by atoms with E-state index in [-0.39, 0.29) is 6.04 Å². The number of aryl methyl sites for hydroxylation is 1. The van der Waals surface area contributed by atoms with E-state index in [0.29, 0.717) is 11.5 Å². The average molecular weight is 396 g/mol. The van der Waals surface area contributed by atoms with Gasteiger partial charge in [0.15, 0.2) is 14.9 Å². The van der Waals surface area contributed by atoms with Crippen LogP contribution in [0.5, 0.6) is 0 Å². The zero-order valence-electron chi connectivity index (χ0n) is 15.5. The molecule has 2 aliphatic heterocycles. The van der Waals surface area contributed by atoms with Crippen molar-refractivity contribution < 1.29 is 8.42 Å². The number of rotatable bonds is 5. The summed E-state index contributed by atoms with van der Waals surface area (Å²) in [7, 11) is -2.82. The summed E-state index contributed by atoms with van der Waals surface area (Å²) in [6, 6.07) is 8.71. The monoisotopic (exact) mass is 395 g/mol. The molecule has 26 heavy (non-hydrogen) atoms. The van der Waals surface area contributed by atoms with Gasteiger partial charge >= 0.3 is 0 Å². The molecule has 0 radical (unpaired) electrons. The molecule has 3 rings (SSSR count). The van der Waals surface area contributed by atoms with Crippen LogP contribution >= 0.6 is 12.2 Å². The second-order valence-electron chi connectivity index (χ2n) is 7.31. The summed E-state index contributed by atoms with van der Waals surface area (Å²) < 4.78 is 23.3. The minimum absolute atomic E-state index is 0.194. The number of thiocarbonyl (C=S) groups is 1. The third kappa shape index (κ3) is 5.18. The molecular weight excluding hydrogens is 366 g/mol. The highest BCUT2D eigenvalue weighted by molar-refractivity contribution is 7.91. The Balaban J connectivity index is 1.46. The van der Waals surface area contributed by atoms with Crippen molar-refractivity contribution in [3.63, 3.8) is 0 Å². The number of piperazine rings is 1. The van der Waals surface area contributed by atoms with E-state index in [1.165, 1.54) is 18.4 Å². The van der Waals surface area contributed by atoms with Gasteiger partial charge in [0.05, 0.1) is 11.5 Å². The maximum absolute atomic E-state index is 11.7. The van der Waals surface area contributed by atoms with Gasteiger partial charge in [0.1, 0.15) is 0 Å². The van der Waals surface area contributed by atoms with Crippen molar-refractivity contribution in [2.45, 2.75) is 38.6 Å². The molecule has 1 aromatic rings. The largest absolute Gasteiger partial charge is 0.346 e. The summed E-state index contributed by atoms with van der Waals surface area (Å²) in [6.07, 6.45) is 4.33. The van der Waals surface area contributed by atoms with E-state index >= 15 is 0 Å². The van der Waals surface area contributed by atoms with Crippen LogP contribution in [0.3, 0.4) is 0 Å². The lowest BCUT2D eigenvalue weighted by Crippen LogP contribution is -2.53. The van der Waals surface area contributed by atoms with Crippen molar-refractivity contribution in [2.24, 2.45) is 0 Å². The molecule has 0 unspecified atom stereocenters. The highest BCUT2D eigenvalue weighted by atomic mass is 32.2. The number of sulfone groups is 1. The van der Waals surface area contributed by atoms with Gasteiger partial charge in [-0.3, -0.25) is 4.90 Å². The first kappa shape index (κ1) is 19.6. The summed E-state index contributed by atoms with van der Waals surface area (Å²) in [4.78, 5) is 4.49. The minimum atomic E-state index is -2.82. The lowest BCUT2D eigenvalue weighted by atomic mass is 10.1. The zero-order valence-corrected chi connectivity index (χ0v) is 17.1. The van der Waals surface area contributed by atoms with Gasteiger partial charge in [-0.2, -0.15) is 0 Å². The van der Waals surface area contributed by atoms with E-state index < -0.39 is 9.84 Å². The highest BCUT2D eigenvalue weighted by Gasteiger charge is 2.33. The Morgan fingerprint density at radius 3 is 2.46 bits per heavy atom. The fraction of sp³-hybridized carbons (Fsp3) is 0.632. The Bertz CT molecular complexity index is 711. The van der Waals surface area contributed by atoms with Crippen LogP contribution in [0.1, 0.15) is 31.7 Å². The number of unbranched alkanes of at least 4 members (excludes halogenated alkanes) is 1. The molecule has 0 aromatic heterocycles. The molecular formula is C19H29N3O2S2. The Hall–Kier alpha value is -1.18. The molecule has 1 N–H and O–H groups in total. The van der Waals surface area contributed by atoms with E-state index in [1.54, 1.807) is 0 Å². The molecule has 2 fully saturated rings. The van der Waals surface area contributed by atoms with Crippen LogP contribution in [0.2, 0.25) is 0 Å². The minimum Gasteiger partial charge on any atom is -0.346 e. The molecule has 0 spiro atoms. The maximum Gasteiger partial charge on any atom is 0.173 e. The standard InChI is InChI=1S/C19H29N3O2S2/c1-2-3-4-16-5-7-17(8-6-16)20-19(25)22-12-10-21(11-13-22)18-9-14-26(23,24)15-18/h5-8,18H,2-4,9-15H2,1H3,(H,20,25)/t18-/m0/s1. The Kier molecular flexibility index (Phi) is 6.53. The predicted molar refractivity (Wildman–Crippen MR) is 111 cm³/mol. The van der Waals surface area contributed by atoms with Gasteiger partial charge in [-0.15, -0.1) is 0 Å². The van der Waals surface area contributed by atoms with Crippen LogP contribution in [-0.2, 0) is 16.3 Å². The van der Waals surface area contributed by atoms with Crippen molar-refractivity contribution in [1.29, 1.82) is 0 Å². The van der Waals surface area contributed by atoms with E-state index in [9.17, 15) is 8.42 Å². The molecule has 7 heteroatoms. The fourth-order valence-electron chi connectivity index (χ4n) is 3.69. The summed E-state index contributed by atoms with van der Waals surface area (Å²) in [5.41, 5.74) is 2.39. The number of benzene rings is 1. The zero-order chi connectivity index (χ0) is 18.6. The molecule has 0 aliphatic carbocycles. The first-order valence-electron chi connectivity index (χ1n) is 9.56. The first-order valence-corrected chi connectivity index (χ1v) is 11.8. The number of hydrogen-bond acceptors (Lipinski definition) is 4. The van der Waals surface area contributed by atoms with Gasteiger partial charge in [-0.25, -0.2) is 8.42 Å². The highest BCUT2D eigenvalue weighted by Crippen LogP contribution is 2.20. The lowest BCUT2D eigenvalue weighted by molar-refractivity contribution is 0.144. The Morgan fingerprint density at radius 1 is 1.19 bits per heavy atom. The Morgan fingerprint density at radius 2 is 1.88 bits per heavy atom. The SMILES string of the molecule is CCCCc1ccc(NC(=S)N2CCN([C@H]3CCS(=O)(=O)C3)CC2)cc1. The van der Waals surface area contributed by atoms with Gasteiger partial charge in [0.2, 0.25) is 0 Å². The van der Waals surface area contributed by atoms with Crippen molar-refractivity contribution in [2.75, 3.05) is 43.0 Å². The number of nitrogens with zero attached hydrogens (tertiary/aromatic N) is 2. The summed E-state index contributed by atoms with van der Waals surface area (Å²) in [5, 5.41) is 4.09. The first-order chi connectivity index (χ1) is 12.5. The topological polar surface area (TPSA) is 52.6 Å². The predicted octanol–water partition coefficient (Wildman–Crippen LogP) is 2.53. The third-order valence-corrected chi connectivity index (χ3v) is 7.46. The molecule has 0 saturated carbocycles. The van der Waals surface area contributed by atoms with Crippen LogP contribution < -0.4 is 5.32 Å². The lowest BCUT2D eigenvalue weighted by Gasteiger charge is -2.38. The third-order valence-electron chi connectivity index (χ3n) is 5.35. The van der Waals surface area contributed by atoms with Crippen molar-refractivity contribution in [3.8, 4) is 0 Å². The van der Waals surface area contributed by atoms with Crippen LogP contribution in [-0.4, -0.2) is 67.1 Å². The number of hydrogen-bond donors (Lipinski definition) is 1. The van der Waals surface area contributed by atoms with Gasteiger partial charge in [-0.1, -0.05) is 25.5 Å². The van der Waals surface area contributed by atoms with Gasteiger partial charge in [-0.05, 0) is 49.2 Å². The number of anilines is 1. The molecule has 5 nitrogen and oxygen atoms in total. The molecule has 1 aromatic carbocycles. The maximum atomic E-state index is 11.7. The van der Waals surface area contributed by atoms with E-state index in [2.05, 4.69) is 46.3 Å². The second-order valence-corrected chi connectivity index (χ2v) is 9.93. The quantitative estimate of drug-likeness (QED) is 0.774. The average Bonchev–Trinajstić information content (AvgIpc) is 3.01. The Labute approximate surface area is 162 Å². The van der Waals surface area contributed by atoms with E-state index in [1.807, 2.05) is 0 Å². The summed E-state index contributed by atoms with van der Waals surface area (Å²) >= 11 is 5.57. The van der Waals surface area contributed by atoms with E-state index in [4.69, 9.17) is 12.2 Å². The van der Waals surface area contributed by atoms with Crippen LogP contribution in [0, 0.1) is 0 Å². The molecule has 0 amide bonds. The molecule has 144 valence electrons. The van der Waals surface area contributed by atoms with Gasteiger partial charge in [0.25, 0.3) is 0 Å². The van der Waals surface area contributed by atoms with Crippen molar-refractivity contribution in [3.05, 3.63) is 29.8 Å². The molecule has 2 aliphatic rings. The molecule has 0 bridgehead atoms. The van der Waals surface area contributed by atoms with Crippen LogP contribution in [0.15, 0.2) is 24.3 Å². The van der Waals surface area contributed by atoms with Gasteiger partial charge < -0.3 is 10.2 Å². The van der Waals surface area contributed by atoms with Crippen LogP contribution in [0.4, 0.5) is 5.69 Å². The second kappa shape index (κ2) is 8.67. The fourth-order valence-corrected chi connectivity index (χ4v) is 5.75. The van der Waals surface area contributed by atoms with Gasteiger partial charge in [0, 0.05) is 37.9 Å². The molecule has 2 heterocycles.